The number of rotatable bonds is 5. The van der Waals surface area contributed by atoms with Crippen molar-refractivity contribution in [2.45, 2.75) is 32.8 Å². The summed E-state index contributed by atoms with van der Waals surface area (Å²) in [7, 11) is 0. The number of hydrogen-bond acceptors (Lipinski definition) is 4. The lowest BCUT2D eigenvalue weighted by molar-refractivity contribution is 0.0367. The van der Waals surface area contributed by atoms with Gasteiger partial charge < -0.3 is 16.2 Å². The molecule has 1 unspecified atom stereocenters. The Morgan fingerprint density at radius 2 is 2.35 bits per heavy atom. The highest BCUT2D eigenvalue weighted by Crippen LogP contribution is 2.15. The molecule has 1 atom stereocenters. The average molecular weight is 240 g/mol. The van der Waals surface area contributed by atoms with Crippen molar-refractivity contribution in [3.63, 3.8) is 0 Å². The fraction of sp³-hybridized carbons (Fsp3) is 0.636. The summed E-state index contributed by atoms with van der Waals surface area (Å²) >= 11 is 0. The summed E-state index contributed by atoms with van der Waals surface area (Å²) in [4.78, 5) is 11.7. The SMILES string of the molecule is CC(C)CC(C)(O)CNC(=O)c1[nH]ncc1N. The van der Waals surface area contributed by atoms with E-state index in [1.165, 1.54) is 6.20 Å². The molecule has 0 aliphatic heterocycles. The molecule has 1 rings (SSSR count). The first-order valence-corrected chi connectivity index (χ1v) is 5.61. The van der Waals surface area contributed by atoms with Crippen LogP contribution in [0.1, 0.15) is 37.7 Å². The molecule has 6 nitrogen and oxygen atoms in total. The topological polar surface area (TPSA) is 104 Å². The van der Waals surface area contributed by atoms with Crippen LogP contribution in [0.2, 0.25) is 0 Å². The highest BCUT2D eigenvalue weighted by molar-refractivity contribution is 5.96. The van der Waals surface area contributed by atoms with Gasteiger partial charge in [0.15, 0.2) is 0 Å². The molecule has 5 N–H and O–H groups in total. The van der Waals surface area contributed by atoms with Crippen molar-refractivity contribution in [3.05, 3.63) is 11.9 Å². The fourth-order valence-electron chi connectivity index (χ4n) is 1.79. The number of amides is 1. The third-order valence-electron chi connectivity index (χ3n) is 2.37. The van der Waals surface area contributed by atoms with Gasteiger partial charge in [-0.05, 0) is 19.3 Å². The smallest absolute Gasteiger partial charge is 0.271 e. The van der Waals surface area contributed by atoms with E-state index in [0.717, 1.165) is 0 Å². The maximum atomic E-state index is 11.7. The van der Waals surface area contributed by atoms with Crippen LogP contribution in [0.5, 0.6) is 0 Å². The van der Waals surface area contributed by atoms with Gasteiger partial charge in [0.1, 0.15) is 5.69 Å². The Labute approximate surface area is 101 Å². The Morgan fingerprint density at radius 1 is 1.71 bits per heavy atom. The number of aromatic amines is 1. The van der Waals surface area contributed by atoms with Crippen LogP contribution in [0.3, 0.4) is 0 Å². The molecule has 1 aromatic heterocycles. The molecule has 0 aliphatic carbocycles. The third kappa shape index (κ3) is 4.07. The van der Waals surface area contributed by atoms with Crippen molar-refractivity contribution in [1.29, 1.82) is 0 Å². The number of aromatic nitrogens is 2. The molecule has 1 aromatic rings. The quantitative estimate of drug-likeness (QED) is 0.602. The van der Waals surface area contributed by atoms with Gasteiger partial charge in [-0.25, -0.2) is 0 Å². The van der Waals surface area contributed by atoms with E-state index in [4.69, 9.17) is 5.73 Å². The van der Waals surface area contributed by atoms with Crippen LogP contribution in [-0.2, 0) is 0 Å². The van der Waals surface area contributed by atoms with Crippen LogP contribution in [0.4, 0.5) is 5.69 Å². The van der Waals surface area contributed by atoms with Crippen LogP contribution < -0.4 is 11.1 Å². The maximum absolute atomic E-state index is 11.7. The number of hydrogen-bond donors (Lipinski definition) is 4. The molecule has 17 heavy (non-hydrogen) atoms. The predicted octanol–water partition coefficient (Wildman–Crippen LogP) is 0.519. The largest absolute Gasteiger partial charge is 0.396 e. The van der Waals surface area contributed by atoms with Gasteiger partial charge in [0.2, 0.25) is 0 Å². The standard InChI is InChI=1S/C11H20N4O2/c1-7(2)4-11(3,17)6-13-10(16)9-8(12)5-14-15-9/h5,7,17H,4,6,12H2,1-3H3,(H,13,16)(H,14,15). The van der Waals surface area contributed by atoms with E-state index in [9.17, 15) is 9.90 Å². The molecule has 0 saturated carbocycles. The first-order valence-electron chi connectivity index (χ1n) is 5.61. The number of carbonyl (C=O) groups excluding carboxylic acids is 1. The van der Waals surface area contributed by atoms with E-state index in [-0.39, 0.29) is 18.1 Å². The second kappa shape index (κ2) is 5.18. The average Bonchev–Trinajstić information content (AvgIpc) is 2.59. The molecule has 0 bridgehead atoms. The van der Waals surface area contributed by atoms with Gasteiger partial charge in [-0.1, -0.05) is 13.8 Å². The van der Waals surface area contributed by atoms with Gasteiger partial charge in [0.05, 0.1) is 17.5 Å². The van der Waals surface area contributed by atoms with Crippen LogP contribution in [0.15, 0.2) is 6.20 Å². The minimum Gasteiger partial charge on any atom is -0.396 e. The van der Waals surface area contributed by atoms with Gasteiger partial charge in [-0.2, -0.15) is 5.10 Å². The molecular weight excluding hydrogens is 220 g/mol. The summed E-state index contributed by atoms with van der Waals surface area (Å²) in [5.74, 6) is 0.00292. The van der Waals surface area contributed by atoms with E-state index in [1.807, 2.05) is 13.8 Å². The second-order valence-corrected chi connectivity index (χ2v) is 4.98. The van der Waals surface area contributed by atoms with Gasteiger partial charge >= 0.3 is 0 Å². The fourth-order valence-corrected chi connectivity index (χ4v) is 1.79. The lowest BCUT2D eigenvalue weighted by Crippen LogP contribution is -2.41. The lowest BCUT2D eigenvalue weighted by Gasteiger charge is -2.25. The summed E-state index contributed by atoms with van der Waals surface area (Å²) in [6.07, 6.45) is 1.99. The number of anilines is 1. The van der Waals surface area contributed by atoms with Gasteiger partial charge in [-0.15, -0.1) is 0 Å². The van der Waals surface area contributed by atoms with E-state index in [2.05, 4.69) is 15.5 Å². The maximum Gasteiger partial charge on any atom is 0.271 e. The Hall–Kier alpha value is -1.56. The molecule has 0 spiro atoms. The molecule has 96 valence electrons. The zero-order valence-electron chi connectivity index (χ0n) is 10.4. The molecule has 0 saturated heterocycles. The molecule has 0 radical (unpaired) electrons. The van der Waals surface area contributed by atoms with Crippen LogP contribution in [0, 0.1) is 5.92 Å². The highest BCUT2D eigenvalue weighted by Gasteiger charge is 2.23. The third-order valence-corrected chi connectivity index (χ3v) is 2.37. The molecular formula is C11H20N4O2. The number of H-pyrrole nitrogens is 1. The number of aliphatic hydroxyl groups is 1. The van der Waals surface area contributed by atoms with E-state index in [0.29, 0.717) is 18.0 Å². The molecule has 0 fully saturated rings. The minimum atomic E-state index is -0.918. The zero-order chi connectivity index (χ0) is 13.1. The Kier molecular flexibility index (Phi) is 4.11. The molecule has 0 aromatic carbocycles. The summed E-state index contributed by atoms with van der Waals surface area (Å²) < 4.78 is 0. The van der Waals surface area contributed by atoms with Crippen molar-refractivity contribution >= 4 is 11.6 Å². The van der Waals surface area contributed by atoms with E-state index >= 15 is 0 Å². The van der Waals surface area contributed by atoms with Gasteiger partial charge in [0, 0.05) is 6.54 Å². The second-order valence-electron chi connectivity index (χ2n) is 4.98. The number of nitrogen functional groups attached to an aromatic ring is 1. The minimum absolute atomic E-state index is 0.183. The Morgan fingerprint density at radius 3 is 2.82 bits per heavy atom. The van der Waals surface area contributed by atoms with Crippen molar-refractivity contribution in [2.75, 3.05) is 12.3 Å². The van der Waals surface area contributed by atoms with Crippen molar-refractivity contribution in [1.82, 2.24) is 15.5 Å². The molecule has 1 amide bonds. The van der Waals surface area contributed by atoms with Crippen LogP contribution >= 0.6 is 0 Å². The lowest BCUT2D eigenvalue weighted by atomic mass is 9.94. The first kappa shape index (κ1) is 13.5. The van der Waals surface area contributed by atoms with E-state index < -0.39 is 5.60 Å². The van der Waals surface area contributed by atoms with Crippen LogP contribution in [-0.4, -0.2) is 33.4 Å². The number of nitrogens with two attached hydrogens (primary N) is 1. The normalized spacial score (nSPS) is 14.6. The number of carbonyl (C=O) groups is 1. The molecule has 6 heteroatoms. The highest BCUT2D eigenvalue weighted by atomic mass is 16.3. The van der Waals surface area contributed by atoms with Crippen molar-refractivity contribution in [3.8, 4) is 0 Å². The zero-order valence-corrected chi connectivity index (χ0v) is 10.4. The van der Waals surface area contributed by atoms with Crippen LogP contribution in [0.25, 0.3) is 0 Å². The molecule has 0 aliphatic rings. The van der Waals surface area contributed by atoms with Crippen molar-refractivity contribution in [2.24, 2.45) is 5.92 Å². The van der Waals surface area contributed by atoms with Crippen molar-refractivity contribution < 1.29 is 9.90 Å². The van der Waals surface area contributed by atoms with Gasteiger partial charge in [0.25, 0.3) is 5.91 Å². The summed E-state index contributed by atoms with van der Waals surface area (Å²) in [6, 6.07) is 0. The summed E-state index contributed by atoms with van der Waals surface area (Å²) in [6.45, 7) is 5.92. The van der Waals surface area contributed by atoms with E-state index in [1.54, 1.807) is 6.92 Å². The monoisotopic (exact) mass is 240 g/mol. The Balaban J connectivity index is 2.51. The summed E-state index contributed by atoms with van der Waals surface area (Å²) in [5, 5.41) is 18.8. The first-order chi connectivity index (χ1) is 7.82. The molecule has 1 heterocycles. The van der Waals surface area contributed by atoms with Gasteiger partial charge in [-0.3, -0.25) is 9.89 Å². The predicted molar refractivity (Wildman–Crippen MR) is 65.4 cm³/mol. The number of nitrogens with one attached hydrogen (secondary N) is 2. The Bertz CT molecular complexity index is 385. The number of nitrogens with zero attached hydrogens (tertiary/aromatic N) is 1. The summed E-state index contributed by atoms with van der Waals surface area (Å²) in [5.41, 5.74) is 5.15.